The van der Waals surface area contributed by atoms with Crippen LogP contribution in [0, 0.1) is 13.8 Å². The van der Waals surface area contributed by atoms with Crippen LogP contribution in [-0.4, -0.2) is 35.4 Å². The van der Waals surface area contributed by atoms with Gasteiger partial charge in [0.1, 0.15) is 5.69 Å². The van der Waals surface area contributed by atoms with Crippen molar-refractivity contribution in [2.45, 2.75) is 27.3 Å². The first-order valence-electron chi connectivity index (χ1n) is 7.71. The number of amides is 1. The minimum Gasteiger partial charge on any atom is -0.462 e. The first-order chi connectivity index (χ1) is 11.3. The first-order valence-corrected chi connectivity index (χ1v) is 8.50. The van der Waals surface area contributed by atoms with Crippen LogP contribution in [0.25, 0.3) is 0 Å². The number of aryl methyl sites for hydroxylation is 1. The molecule has 0 fully saturated rings. The van der Waals surface area contributed by atoms with Gasteiger partial charge in [0.2, 0.25) is 0 Å². The lowest BCUT2D eigenvalue weighted by molar-refractivity contribution is 0.0525. The number of carbonyl (C=O) groups is 2. The van der Waals surface area contributed by atoms with E-state index in [-0.39, 0.29) is 5.91 Å². The van der Waals surface area contributed by atoms with Crippen LogP contribution in [0.15, 0.2) is 28.7 Å². The van der Waals surface area contributed by atoms with E-state index in [2.05, 4.69) is 20.9 Å². The van der Waals surface area contributed by atoms with Gasteiger partial charge in [0.05, 0.1) is 12.2 Å². The first kappa shape index (κ1) is 18.3. The maximum Gasteiger partial charge on any atom is 0.340 e. The van der Waals surface area contributed by atoms with Crippen molar-refractivity contribution in [3.8, 4) is 0 Å². The third-order valence-electron chi connectivity index (χ3n) is 3.81. The molecule has 2 rings (SSSR count). The molecule has 1 amide bonds. The molecule has 0 spiro atoms. The van der Waals surface area contributed by atoms with E-state index in [0.717, 1.165) is 10.0 Å². The molecule has 0 radical (unpaired) electrons. The summed E-state index contributed by atoms with van der Waals surface area (Å²) in [5.74, 6) is -0.563. The molecule has 0 saturated heterocycles. The molecule has 5 nitrogen and oxygen atoms in total. The molecule has 0 bridgehead atoms. The molecule has 128 valence electrons. The second kappa shape index (κ2) is 7.66. The number of aromatic amines is 1. The maximum absolute atomic E-state index is 12.7. The normalized spacial score (nSPS) is 10.5. The third-order valence-corrected chi connectivity index (χ3v) is 4.34. The summed E-state index contributed by atoms with van der Waals surface area (Å²) in [6.07, 6.45) is 0. The summed E-state index contributed by atoms with van der Waals surface area (Å²) in [6, 6.07) is 7.81. The van der Waals surface area contributed by atoms with Crippen molar-refractivity contribution >= 4 is 27.8 Å². The van der Waals surface area contributed by atoms with Crippen molar-refractivity contribution in [3.05, 3.63) is 56.8 Å². The Kier molecular flexibility index (Phi) is 5.83. The lowest BCUT2D eigenvalue weighted by Crippen LogP contribution is -2.27. The highest BCUT2D eigenvalue weighted by atomic mass is 79.9. The number of halogens is 1. The number of carbonyl (C=O) groups excluding carboxylic acids is 2. The molecule has 0 aliphatic heterocycles. The summed E-state index contributed by atoms with van der Waals surface area (Å²) in [4.78, 5) is 29.4. The number of hydrogen-bond acceptors (Lipinski definition) is 3. The van der Waals surface area contributed by atoms with Crippen molar-refractivity contribution in [2.75, 3.05) is 13.7 Å². The van der Waals surface area contributed by atoms with Gasteiger partial charge < -0.3 is 14.6 Å². The number of aromatic nitrogens is 1. The Morgan fingerprint density at radius 3 is 2.42 bits per heavy atom. The van der Waals surface area contributed by atoms with E-state index in [1.807, 2.05) is 24.3 Å². The summed E-state index contributed by atoms with van der Waals surface area (Å²) in [7, 11) is 1.74. The van der Waals surface area contributed by atoms with E-state index < -0.39 is 5.97 Å². The predicted octanol–water partition coefficient (Wildman–Crippen LogP) is 3.84. The van der Waals surface area contributed by atoms with Crippen LogP contribution in [0.3, 0.4) is 0 Å². The van der Waals surface area contributed by atoms with Crippen LogP contribution in [0.2, 0.25) is 0 Å². The minimum atomic E-state index is -0.404. The van der Waals surface area contributed by atoms with Crippen molar-refractivity contribution in [3.63, 3.8) is 0 Å². The highest BCUT2D eigenvalue weighted by molar-refractivity contribution is 9.10. The number of ether oxygens (including phenoxy) is 1. The van der Waals surface area contributed by atoms with Crippen LogP contribution in [0.1, 0.15) is 44.6 Å². The zero-order chi connectivity index (χ0) is 17.9. The highest BCUT2D eigenvalue weighted by Gasteiger charge is 2.24. The molecule has 0 atom stereocenters. The molecular weight excluding hydrogens is 372 g/mol. The van der Waals surface area contributed by atoms with Crippen molar-refractivity contribution < 1.29 is 14.3 Å². The third kappa shape index (κ3) is 3.87. The Morgan fingerprint density at radius 2 is 1.83 bits per heavy atom. The standard InChI is InChI=1S/C18H21BrN2O3/c1-5-24-18(23)15-11(2)16(20-12(15)3)17(22)21(4)10-13-6-8-14(19)9-7-13/h6-9,20H,5,10H2,1-4H3. The molecule has 2 aromatic rings. The molecule has 1 heterocycles. The number of benzene rings is 1. The molecule has 1 aromatic carbocycles. The van der Waals surface area contributed by atoms with Gasteiger partial charge in [0.25, 0.3) is 5.91 Å². The molecule has 24 heavy (non-hydrogen) atoms. The Balaban J connectivity index is 2.21. The number of rotatable bonds is 5. The van der Waals surface area contributed by atoms with Crippen molar-refractivity contribution in [2.24, 2.45) is 0 Å². The van der Waals surface area contributed by atoms with Gasteiger partial charge in [-0.05, 0) is 44.0 Å². The molecule has 1 N–H and O–H groups in total. The van der Waals surface area contributed by atoms with E-state index in [9.17, 15) is 9.59 Å². The number of nitrogens with one attached hydrogen (secondary N) is 1. The van der Waals surface area contributed by atoms with Crippen LogP contribution in [0.4, 0.5) is 0 Å². The smallest absolute Gasteiger partial charge is 0.340 e. The van der Waals surface area contributed by atoms with E-state index in [4.69, 9.17) is 4.74 Å². The molecule has 1 aromatic heterocycles. The van der Waals surface area contributed by atoms with Gasteiger partial charge in [-0.1, -0.05) is 28.1 Å². The quantitative estimate of drug-likeness (QED) is 0.786. The summed E-state index contributed by atoms with van der Waals surface area (Å²) in [5, 5.41) is 0. The van der Waals surface area contributed by atoms with E-state index >= 15 is 0 Å². The van der Waals surface area contributed by atoms with E-state index in [1.54, 1.807) is 32.7 Å². The fourth-order valence-corrected chi connectivity index (χ4v) is 2.86. The van der Waals surface area contributed by atoms with Gasteiger partial charge in [0, 0.05) is 23.8 Å². The van der Waals surface area contributed by atoms with Gasteiger partial charge in [-0.25, -0.2) is 4.79 Å². The monoisotopic (exact) mass is 392 g/mol. The minimum absolute atomic E-state index is 0.158. The molecule has 6 heteroatoms. The second-order valence-electron chi connectivity index (χ2n) is 5.63. The topological polar surface area (TPSA) is 62.4 Å². The van der Waals surface area contributed by atoms with Gasteiger partial charge >= 0.3 is 5.97 Å². The Morgan fingerprint density at radius 1 is 1.21 bits per heavy atom. The van der Waals surface area contributed by atoms with Crippen LogP contribution in [0.5, 0.6) is 0 Å². The van der Waals surface area contributed by atoms with E-state index in [1.165, 1.54) is 0 Å². The zero-order valence-electron chi connectivity index (χ0n) is 14.3. The SMILES string of the molecule is CCOC(=O)c1c(C)[nH]c(C(=O)N(C)Cc2ccc(Br)cc2)c1C. The number of nitrogens with zero attached hydrogens (tertiary/aromatic N) is 1. The maximum atomic E-state index is 12.7. The number of H-pyrrole nitrogens is 1. The molecule has 0 unspecified atom stereocenters. The van der Waals surface area contributed by atoms with Gasteiger partial charge in [-0.3, -0.25) is 4.79 Å². The lowest BCUT2D eigenvalue weighted by atomic mass is 10.1. The Labute approximate surface area is 150 Å². The Bertz CT molecular complexity index is 750. The summed E-state index contributed by atoms with van der Waals surface area (Å²) in [5.41, 5.74) is 3.16. The second-order valence-corrected chi connectivity index (χ2v) is 6.55. The molecule has 0 aliphatic rings. The van der Waals surface area contributed by atoms with Gasteiger partial charge in [0.15, 0.2) is 0 Å². The summed E-state index contributed by atoms with van der Waals surface area (Å²) < 4.78 is 6.06. The van der Waals surface area contributed by atoms with E-state index in [0.29, 0.717) is 35.7 Å². The van der Waals surface area contributed by atoms with Crippen molar-refractivity contribution in [1.82, 2.24) is 9.88 Å². The van der Waals surface area contributed by atoms with Gasteiger partial charge in [-0.2, -0.15) is 0 Å². The lowest BCUT2D eigenvalue weighted by Gasteiger charge is -2.17. The average Bonchev–Trinajstić information content (AvgIpc) is 2.83. The fraction of sp³-hybridized carbons (Fsp3) is 0.333. The predicted molar refractivity (Wildman–Crippen MR) is 96.2 cm³/mol. The molecule has 0 saturated carbocycles. The highest BCUT2D eigenvalue weighted by Crippen LogP contribution is 2.21. The number of hydrogen-bond donors (Lipinski definition) is 1. The fourth-order valence-electron chi connectivity index (χ4n) is 2.60. The molecule has 0 aliphatic carbocycles. The van der Waals surface area contributed by atoms with Gasteiger partial charge in [-0.15, -0.1) is 0 Å². The Hall–Kier alpha value is -2.08. The van der Waals surface area contributed by atoms with Crippen LogP contribution < -0.4 is 0 Å². The zero-order valence-corrected chi connectivity index (χ0v) is 15.9. The molecular formula is C18H21BrN2O3. The van der Waals surface area contributed by atoms with Crippen molar-refractivity contribution in [1.29, 1.82) is 0 Å². The summed E-state index contributed by atoms with van der Waals surface area (Å²) in [6.45, 7) is 6.07. The largest absolute Gasteiger partial charge is 0.462 e. The summed E-state index contributed by atoms with van der Waals surface area (Å²) >= 11 is 3.39. The average molecular weight is 393 g/mol. The van der Waals surface area contributed by atoms with Crippen LogP contribution in [-0.2, 0) is 11.3 Å². The van der Waals surface area contributed by atoms with Crippen LogP contribution >= 0.6 is 15.9 Å². The number of esters is 1.